The topological polar surface area (TPSA) is 39.1 Å². The van der Waals surface area contributed by atoms with Crippen molar-refractivity contribution in [3.05, 3.63) is 42.0 Å². The van der Waals surface area contributed by atoms with Crippen molar-refractivity contribution in [3.8, 4) is 5.69 Å². The molecule has 0 aliphatic rings. The van der Waals surface area contributed by atoms with E-state index < -0.39 is 17.6 Å². The first kappa shape index (κ1) is 15.3. The minimum Gasteiger partial charge on any atom is -0.383 e. The Bertz CT molecular complexity index is 610. The monoisotopic (exact) mass is 303 g/mol. The molecule has 1 aromatic carbocycles. The zero-order chi connectivity index (χ0) is 15.5. The molecule has 0 saturated carbocycles. The summed E-state index contributed by atoms with van der Waals surface area (Å²) in [6, 6.07) is 2.79. The first-order chi connectivity index (χ1) is 9.93. The molecule has 8 heteroatoms. The number of ether oxygens (including phenoxy) is 1. The van der Waals surface area contributed by atoms with Crippen LogP contribution < -0.4 is 5.32 Å². The lowest BCUT2D eigenvalue weighted by molar-refractivity contribution is -0.140. The Balaban J connectivity index is 2.33. The first-order valence-corrected chi connectivity index (χ1v) is 6.06. The molecule has 1 N–H and O–H groups in total. The molecule has 114 valence electrons. The lowest BCUT2D eigenvalue weighted by Crippen LogP contribution is -2.13. The van der Waals surface area contributed by atoms with Gasteiger partial charge in [0, 0.05) is 31.7 Å². The molecule has 0 aliphatic carbocycles. The third-order valence-corrected chi connectivity index (χ3v) is 2.76. The van der Waals surface area contributed by atoms with Gasteiger partial charge in [-0.25, -0.2) is 9.37 Å². The van der Waals surface area contributed by atoms with Gasteiger partial charge in [0.15, 0.2) is 0 Å². The van der Waals surface area contributed by atoms with Crippen LogP contribution in [0.3, 0.4) is 0 Å². The van der Waals surface area contributed by atoms with Gasteiger partial charge in [0.1, 0.15) is 5.82 Å². The summed E-state index contributed by atoms with van der Waals surface area (Å²) in [4.78, 5) is 4.00. The zero-order valence-corrected chi connectivity index (χ0v) is 11.1. The maximum atomic E-state index is 13.3. The van der Waals surface area contributed by atoms with Crippen molar-refractivity contribution in [1.82, 2.24) is 9.55 Å². The summed E-state index contributed by atoms with van der Waals surface area (Å²) < 4.78 is 57.7. The standard InChI is InChI=1S/C13H13F4N3O/c1-21-7-5-19-12-18-4-6-20(12)9-2-3-11(14)10(8-9)13(15,16)17/h2-4,6,8H,5,7H2,1H3,(H,18,19). The highest BCUT2D eigenvalue weighted by atomic mass is 19.4. The van der Waals surface area contributed by atoms with Crippen LogP contribution in [0.25, 0.3) is 5.69 Å². The van der Waals surface area contributed by atoms with Crippen molar-refractivity contribution in [3.63, 3.8) is 0 Å². The van der Waals surface area contributed by atoms with Gasteiger partial charge in [-0.2, -0.15) is 13.2 Å². The highest BCUT2D eigenvalue weighted by molar-refractivity contribution is 5.44. The van der Waals surface area contributed by atoms with Crippen molar-refractivity contribution in [2.24, 2.45) is 0 Å². The van der Waals surface area contributed by atoms with Gasteiger partial charge in [-0.15, -0.1) is 0 Å². The molecule has 0 spiro atoms. The summed E-state index contributed by atoms with van der Waals surface area (Å²) in [5, 5.41) is 2.92. The van der Waals surface area contributed by atoms with Crippen molar-refractivity contribution in [2.45, 2.75) is 6.18 Å². The van der Waals surface area contributed by atoms with Gasteiger partial charge < -0.3 is 10.1 Å². The lowest BCUT2D eigenvalue weighted by Gasteiger charge is -2.13. The van der Waals surface area contributed by atoms with E-state index in [0.717, 1.165) is 12.1 Å². The van der Waals surface area contributed by atoms with E-state index in [-0.39, 0.29) is 5.69 Å². The van der Waals surface area contributed by atoms with E-state index in [0.29, 0.717) is 19.1 Å². The minimum absolute atomic E-state index is 0.168. The second-order valence-electron chi connectivity index (χ2n) is 4.20. The number of methoxy groups -OCH3 is 1. The first-order valence-electron chi connectivity index (χ1n) is 6.06. The lowest BCUT2D eigenvalue weighted by atomic mass is 10.2. The number of anilines is 1. The third kappa shape index (κ3) is 3.52. The summed E-state index contributed by atoms with van der Waals surface area (Å²) >= 11 is 0. The second kappa shape index (κ2) is 6.13. The quantitative estimate of drug-likeness (QED) is 0.681. The molecule has 1 heterocycles. The fraction of sp³-hybridized carbons (Fsp3) is 0.308. The minimum atomic E-state index is -4.75. The number of hydrogen-bond donors (Lipinski definition) is 1. The van der Waals surface area contributed by atoms with Crippen LogP contribution in [0.1, 0.15) is 5.56 Å². The van der Waals surface area contributed by atoms with Crippen LogP contribution in [0.15, 0.2) is 30.6 Å². The van der Waals surface area contributed by atoms with Gasteiger partial charge in [-0.05, 0) is 18.2 Å². The molecule has 2 rings (SSSR count). The number of benzene rings is 1. The average Bonchev–Trinajstić information content (AvgIpc) is 2.87. The Morgan fingerprint density at radius 1 is 1.33 bits per heavy atom. The largest absolute Gasteiger partial charge is 0.419 e. The van der Waals surface area contributed by atoms with E-state index in [2.05, 4.69) is 10.3 Å². The summed E-state index contributed by atoms with van der Waals surface area (Å²) in [7, 11) is 1.53. The smallest absolute Gasteiger partial charge is 0.383 e. The Morgan fingerprint density at radius 2 is 2.10 bits per heavy atom. The Kier molecular flexibility index (Phi) is 4.46. The van der Waals surface area contributed by atoms with E-state index >= 15 is 0 Å². The molecule has 0 fully saturated rings. The van der Waals surface area contributed by atoms with Gasteiger partial charge in [0.05, 0.1) is 12.2 Å². The molecule has 0 radical (unpaired) electrons. The van der Waals surface area contributed by atoms with E-state index in [9.17, 15) is 17.6 Å². The molecule has 0 aliphatic heterocycles. The number of halogens is 4. The van der Waals surface area contributed by atoms with E-state index in [4.69, 9.17) is 4.74 Å². The fourth-order valence-electron chi connectivity index (χ4n) is 1.79. The number of nitrogens with zero attached hydrogens (tertiary/aromatic N) is 2. The molecule has 4 nitrogen and oxygen atoms in total. The molecule has 0 amide bonds. The molecule has 2 aromatic rings. The van der Waals surface area contributed by atoms with Gasteiger partial charge in [0.2, 0.25) is 5.95 Å². The van der Waals surface area contributed by atoms with Gasteiger partial charge >= 0.3 is 6.18 Å². The average molecular weight is 303 g/mol. The highest BCUT2D eigenvalue weighted by Gasteiger charge is 2.34. The van der Waals surface area contributed by atoms with Gasteiger partial charge in [0.25, 0.3) is 0 Å². The van der Waals surface area contributed by atoms with Crippen LogP contribution in [0.2, 0.25) is 0 Å². The van der Waals surface area contributed by atoms with Crippen LogP contribution in [-0.4, -0.2) is 29.8 Å². The molecular weight excluding hydrogens is 290 g/mol. The third-order valence-electron chi connectivity index (χ3n) is 2.76. The van der Waals surface area contributed by atoms with Crippen molar-refractivity contribution < 1.29 is 22.3 Å². The summed E-state index contributed by atoms with van der Waals surface area (Å²) in [5.41, 5.74) is -1.14. The molecule has 0 unspecified atom stereocenters. The Labute approximate surface area is 118 Å². The van der Waals surface area contributed by atoms with Crippen LogP contribution in [0, 0.1) is 5.82 Å². The molecule has 1 aromatic heterocycles. The summed E-state index contributed by atoms with van der Waals surface area (Å²) in [6.45, 7) is 0.866. The van der Waals surface area contributed by atoms with E-state index in [1.54, 1.807) is 0 Å². The fourth-order valence-corrected chi connectivity index (χ4v) is 1.79. The maximum Gasteiger partial charge on any atom is 0.419 e. The number of rotatable bonds is 5. The molecular formula is C13H13F4N3O. The van der Waals surface area contributed by atoms with Crippen LogP contribution in [-0.2, 0) is 10.9 Å². The van der Waals surface area contributed by atoms with Gasteiger partial charge in [-0.3, -0.25) is 4.57 Å². The highest BCUT2D eigenvalue weighted by Crippen LogP contribution is 2.33. The van der Waals surface area contributed by atoms with Crippen molar-refractivity contribution >= 4 is 5.95 Å². The molecule has 0 atom stereocenters. The number of nitrogens with one attached hydrogen (secondary N) is 1. The molecule has 0 saturated heterocycles. The molecule has 0 bridgehead atoms. The second-order valence-corrected chi connectivity index (χ2v) is 4.20. The predicted molar refractivity (Wildman–Crippen MR) is 68.9 cm³/mol. The van der Waals surface area contributed by atoms with Crippen LogP contribution in [0.5, 0.6) is 0 Å². The normalized spacial score (nSPS) is 11.7. The van der Waals surface area contributed by atoms with Crippen molar-refractivity contribution in [2.75, 3.05) is 25.6 Å². The summed E-state index contributed by atoms with van der Waals surface area (Å²) in [6.07, 6.45) is -1.82. The maximum absolute atomic E-state index is 13.3. The number of aromatic nitrogens is 2. The summed E-state index contributed by atoms with van der Waals surface area (Å²) in [5.74, 6) is -0.952. The predicted octanol–water partition coefficient (Wildman–Crippen LogP) is 3.09. The number of alkyl halides is 3. The van der Waals surface area contributed by atoms with Crippen LogP contribution >= 0.6 is 0 Å². The van der Waals surface area contributed by atoms with Crippen LogP contribution in [0.4, 0.5) is 23.5 Å². The van der Waals surface area contributed by atoms with Crippen molar-refractivity contribution in [1.29, 1.82) is 0 Å². The van der Waals surface area contributed by atoms with E-state index in [1.165, 1.54) is 30.1 Å². The SMILES string of the molecule is COCCNc1nccn1-c1ccc(F)c(C(F)(F)F)c1. The van der Waals surface area contributed by atoms with E-state index in [1.807, 2.05) is 0 Å². The number of hydrogen-bond acceptors (Lipinski definition) is 3. The zero-order valence-electron chi connectivity index (χ0n) is 11.1. The Hall–Kier alpha value is -2.09. The molecule has 21 heavy (non-hydrogen) atoms. The number of imidazole rings is 1. The Morgan fingerprint density at radius 3 is 2.76 bits per heavy atom. The van der Waals surface area contributed by atoms with Gasteiger partial charge in [-0.1, -0.05) is 0 Å².